The molecule has 0 spiro atoms. The van der Waals surface area contributed by atoms with Crippen molar-refractivity contribution >= 4 is 38.5 Å². The molecule has 6 rings (SSSR count). The van der Waals surface area contributed by atoms with Crippen molar-refractivity contribution in [1.82, 2.24) is 19.7 Å². The monoisotopic (exact) mass is 652 g/mol. The van der Waals surface area contributed by atoms with Crippen LogP contribution in [0, 0.1) is 0 Å². The van der Waals surface area contributed by atoms with Crippen LogP contribution in [0.3, 0.4) is 0 Å². The summed E-state index contributed by atoms with van der Waals surface area (Å²) >= 11 is 0. The molecule has 1 N–H and O–H groups in total. The second kappa shape index (κ2) is 10.7. The number of para-hydroxylation sites is 1. The van der Waals surface area contributed by atoms with Gasteiger partial charge >= 0.3 is 0 Å². The number of allylic oxidation sites excluding steroid dienone is 2. The topological polar surface area (TPSA) is 82.1 Å². The number of rotatable bonds is 3. The summed E-state index contributed by atoms with van der Waals surface area (Å²) < 4.78 is 2.11. The molecular weight excluding hydrogens is 629 g/mol. The Kier molecular flexibility index (Phi) is 7.44. The Morgan fingerprint density at radius 3 is 2.28 bits per heavy atom. The molecule has 3 aromatic carbocycles. The first kappa shape index (κ1) is 25.0. The van der Waals surface area contributed by atoms with Gasteiger partial charge in [-0.25, -0.2) is 0 Å². The number of aromatic nitrogens is 4. The summed E-state index contributed by atoms with van der Waals surface area (Å²) in [7, 11) is 0. The third kappa shape index (κ3) is 4.84. The van der Waals surface area contributed by atoms with Gasteiger partial charge in [0, 0.05) is 48.7 Å². The number of hydrogen-bond acceptors (Lipinski definition) is 4. The van der Waals surface area contributed by atoms with Crippen LogP contribution in [-0.4, -0.2) is 25.5 Å². The van der Waals surface area contributed by atoms with Crippen LogP contribution in [0.25, 0.3) is 49.8 Å². The number of aliphatic hydroxyl groups excluding tert-OH is 1. The molecule has 0 aliphatic carbocycles. The third-order valence-electron chi connectivity index (χ3n) is 5.64. The second-order valence-corrected chi connectivity index (χ2v) is 8.25. The Bertz CT molecular complexity index is 1700. The zero-order chi connectivity index (χ0) is 24.4. The third-order valence-corrected chi connectivity index (χ3v) is 5.64. The van der Waals surface area contributed by atoms with Crippen molar-refractivity contribution in [2.24, 2.45) is 0 Å². The molecule has 0 amide bonds. The molecular formula is C29H23IrN4O2-. The van der Waals surface area contributed by atoms with Crippen LogP contribution < -0.4 is 5.10 Å². The molecule has 0 aliphatic rings. The van der Waals surface area contributed by atoms with Crippen molar-refractivity contribution in [1.29, 1.82) is 0 Å². The van der Waals surface area contributed by atoms with Crippen molar-refractivity contribution in [2.45, 2.75) is 13.8 Å². The molecule has 7 heteroatoms. The van der Waals surface area contributed by atoms with Gasteiger partial charge in [-0.05, 0) is 42.0 Å². The van der Waals surface area contributed by atoms with Crippen LogP contribution in [-0.2, 0) is 24.9 Å². The van der Waals surface area contributed by atoms with E-state index in [1.54, 1.807) is 0 Å². The van der Waals surface area contributed by atoms with Gasteiger partial charge in [-0.1, -0.05) is 78.9 Å². The average Bonchev–Trinajstić information content (AvgIpc) is 3.47. The maximum atomic E-state index is 10.0. The van der Waals surface area contributed by atoms with Crippen molar-refractivity contribution in [2.75, 3.05) is 0 Å². The zero-order valence-electron chi connectivity index (χ0n) is 19.7. The minimum Gasteiger partial charge on any atom is -0.512 e. The SMILES string of the molecule is CC(=O)/C=C(/C)O.[Ir].c1ccc(-c2cc(-n3c4ccccc4c4c5ccccc5cnc43)[n-]n2)cc1. The first-order valence-corrected chi connectivity index (χ1v) is 11.2. The summed E-state index contributed by atoms with van der Waals surface area (Å²) in [5.41, 5.74) is 3.91. The summed E-state index contributed by atoms with van der Waals surface area (Å²) in [6, 6.07) is 28.9. The molecule has 0 atom stereocenters. The van der Waals surface area contributed by atoms with Gasteiger partial charge in [-0.15, -0.1) is 0 Å². The van der Waals surface area contributed by atoms with E-state index in [9.17, 15) is 4.79 Å². The van der Waals surface area contributed by atoms with Gasteiger partial charge in [-0.3, -0.25) is 14.9 Å². The van der Waals surface area contributed by atoms with Crippen molar-refractivity contribution in [3.8, 4) is 17.1 Å². The molecule has 36 heavy (non-hydrogen) atoms. The average molecular weight is 652 g/mol. The minimum atomic E-state index is -0.125. The standard InChI is InChI=1S/C24H15N4.C5H8O2.Ir/c1-2-8-16(9-3-1)20-14-22(27-26-20)28-21-13-7-6-12-19(21)23-18-11-5-4-10-17(18)15-25-24(23)28;1-4(6)3-5(2)7;/h1-15H;3,6H,1-2H3;/q-1;;/b;4-3-;. The van der Waals surface area contributed by atoms with Crippen molar-refractivity contribution in [3.63, 3.8) is 0 Å². The quantitative estimate of drug-likeness (QED) is 0.177. The predicted molar refractivity (Wildman–Crippen MR) is 140 cm³/mol. The Labute approximate surface area is 221 Å². The van der Waals surface area contributed by atoms with Crippen LogP contribution in [0.5, 0.6) is 0 Å². The Balaban J connectivity index is 0.000000338. The molecule has 0 unspecified atom stereocenters. The number of nitrogens with zero attached hydrogens (tertiary/aromatic N) is 4. The Hall–Kier alpha value is -4.06. The van der Waals surface area contributed by atoms with E-state index >= 15 is 0 Å². The summed E-state index contributed by atoms with van der Waals surface area (Å²) in [6.07, 6.45) is 3.10. The fourth-order valence-electron chi connectivity index (χ4n) is 4.25. The summed E-state index contributed by atoms with van der Waals surface area (Å²) in [5.74, 6) is 0.723. The number of ketones is 1. The number of fused-ring (bicyclic) bond motifs is 5. The minimum absolute atomic E-state index is 0. The normalized spacial score (nSPS) is 11.2. The van der Waals surface area contributed by atoms with Gasteiger partial charge in [0.1, 0.15) is 0 Å². The van der Waals surface area contributed by atoms with E-state index in [0.717, 1.165) is 39.0 Å². The first-order valence-electron chi connectivity index (χ1n) is 11.2. The zero-order valence-corrected chi connectivity index (χ0v) is 22.1. The Morgan fingerprint density at radius 2 is 1.58 bits per heavy atom. The summed E-state index contributed by atoms with van der Waals surface area (Å²) in [5, 5.41) is 21.9. The molecule has 0 aliphatic heterocycles. The van der Waals surface area contributed by atoms with Crippen LogP contribution in [0.2, 0.25) is 0 Å². The van der Waals surface area contributed by atoms with E-state index in [0.29, 0.717) is 0 Å². The van der Waals surface area contributed by atoms with E-state index in [4.69, 9.17) is 10.1 Å². The number of pyridine rings is 1. The van der Waals surface area contributed by atoms with Crippen LogP contribution in [0.15, 0.2) is 103 Å². The number of aliphatic hydroxyl groups is 1. The van der Waals surface area contributed by atoms with Gasteiger partial charge < -0.3 is 14.8 Å². The van der Waals surface area contributed by atoms with E-state index in [1.807, 2.05) is 54.7 Å². The number of benzene rings is 3. The maximum Gasteiger partial charge on any atom is 0.155 e. The molecule has 6 aromatic rings. The largest absolute Gasteiger partial charge is 0.512 e. The number of carbonyl (C=O) groups is 1. The van der Waals surface area contributed by atoms with Gasteiger partial charge in [0.2, 0.25) is 0 Å². The van der Waals surface area contributed by atoms with Gasteiger partial charge in [-0.2, -0.15) is 0 Å². The molecule has 1 radical (unpaired) electrons. The molecule has 0 bridgehead atoms. The van der Waals surface area contributed by atoms with Gasteiger partial charge in [0.25, 0.3) is 0 Å². The van der Waals surface area contributed by atoms with E-state index in [-0.39, 0.29) is 31.6 Å². The van der Waals surface area contributed by atoms with E-state index < -0.39 is 0 Å². The molecule has 0 saturated heterocycles. The fraction of sp³-hybridized carbons (Fsp3) is 0.0690. The maximum absolute atomic E-state index is 10.0. The second-order valence-electron chi connectivity index (χ2n) is 8.25. The summed E-state index contributed by atoms with van der Waals surface area (Å²) in [4.78, 5) is 14.8. The molecule has 0 fully saturated rings. The van der Waals surface area contributed by atoms with E-state index in [2.05, 4.69) is 51.2 Å². The van der Waals surface area contributed by atoms with Crippen molar-refractivity contribution < 1.29 is 30.0 Å². The molecule has 0 saturated carbocycles. The fourth-order valence-corrected chi connectivity index (χ4v) is 4.25. The predicted octanol–water partition coefficient (Wildman–Crippen LogP) is 6.39. The number of hydrogen-bond donors (Lipinski definition) is 1. The van der Waals surface area contributed by atoms with Crippen LogP contribution in [0.4, 0.5) is 0 Å². The molecule has 6 nitrogen and oxygen atoms in total. The van der Waals surface area contributed by atoms with Gasteiger partial charge in [0.15, 0.2) is 5.78 Å². The smallest absolute Gasteiger partial charge is 0.155 e. The molecule has 3 heterocycles. The van der Waals surface area contributed by atoms with Gasteiger partial charge in [0.05, 0.1) is 17.1 Å². The van der Waals surface area contributed by atoms with E-state index in [1.165, 1.54) is 30.7 Å². The van der Waals surface area contributed by atoms with Crippen LogP contribution in [0.1, 0.15) is 13.8 Å². The van der Waals surface area contributed by atoms with Crippen LogP contribution >= 0.6 is 0 Å². The first-order chi connectivity index (χ1) is 17.0. The molecule has 181 valence electrons. The Morgan fingerprint density at radius 1 is 0.917 bits per heavy atom. The molecule has 3 aromatic heterocycles. The summed E-state index contributed by atoms with van der Waals surface area (Å²) in [6.45, 7) is 2.85. The van der Waals surface area contributed by atoms with Crippen molar-refractivity contribution in [3.05, 3.63) is 103 Å². The number of carbonyl (C=O) groups excluding carboxylic acids is 1.